The van der Waals surface area contributed by atoms with E-state index in [1.54, 1.807) is 42.5 Å². The van der Waals surface area contributed by atoms with Gasteiger partial charge in [-0.2, -0.15) is 18.4 Å². The highest BCUT2D eigenvalue weighted by Gasteiger charge is 2.53. The topological polar surface area (TPSA) is 175 Å². The van der Waals surface area contributed by atoms with E-state index in [0.29, 0.717) is 46.2 Å². The lowest BCUT2D eigenvalue weighted by Gasteiger charge is -2.28. The molecule has 2 saturated heterocycles. The third-order valence-electron chi connectivity index (χ3n) is 9.92. The molecule has 2 aliphatic rings. The molecule has 0 bridgehead atoms. The number of imide groups is 2. The molecule has 3 heterocycles. The van der Waals surface area contributed by atoms with Gasteiger partial charge >= 0.3 is 12.2 Å². The Kier molecular flexibility index (Phi) is 10.2. The number of aromatic nitrogens is 1. The van der Waals surface area contributed by atoms with Gasteiger partial charge in [-0.1, -0.05) is 29.4 Å². The number of halogens is 4. The summed E-state index contributed by atoms with van der Waals surface area (Å²) >= 11 is 0. The Bertz CT molecular complexity index is 2540. The Balaban J connectivity index is 0.946. The Morgan fingerprint density at radius 1 is 1.00 bits per heavy atom. The van der Waals surface area contributed by atoms with E-state index in [1.165, 1.54) is 32.0 Å². The van der Waals surface area contributed by atoms with Crippen LogP contribution in [0.25, 0.3) is 11.0 Å². The maximum absolute atomic E-state index is 15.3. The number of amides is 6. The summed E-state index contributed by atoms with van der Waals surface area (Å²) in [5.74, 6) is -3.58. The van der Waals surface area contributed by atoms with Crippen LogP contribution >= 0.6 is 0 Å². The van der Waals surface area contributed by atoms with Crippen molar-refractivity contribution in [1.82, 2.24) is 10.5 Å². The molecular formula is C41H32F4N6O7. The van der Waals surface area contributed by atoms with E-state index >= 15 is 4.39 Å². The number of anilines is 3. The number of piperidine rings is 1. The zero-order valence-corrected chi connectivity index (χ0v) is 30.8. The first-order valence-corrected chi connectivity index (χ1v) is 17.9. The molecule has 0 spiro atoms. The third-order valence-corrected chi connectivity index (χ3v) is 9.92. The smallest absolute Gasteiger partial charge is 0.417 e. The van der Waals surface area contributed by atoms with Gasteiger partial charge in [0.2, 0.25) is 17.7 Å². The molecule has 1 unspecified atom stereocenters. The van der Waals surface area contributed by atoms with Crippen molar-refractivity contribution in [3.05, 3.63) is 113 Å². The van der Waals surface area contributed by atoms with E-state index in [2.05, 4.69) is 15.8 Å². The second kappa shape index (κ2) is 15.1. The quantitative estimate of drug-likeness (QED) is 0.0863. The maximum atomic E-state index is 15.3. The van der Waals surface area contributed by atoms with Gasteiger partial charge in [0.15, 0.2) is 17.1 Å². The molecule has 1 aromatic heterocycles. The first kappa shape index (κ1) is 39.2. The van der Waals surface area contributed by atoms with Crippen LogP contribution in [0.5, 0.6) is 5.75 Å². The Morgan fingerprint density at radius 3 is 2.41 bits per heavy atom. The summed E-state index contributed by atoms with van der Waals surface area (Å²) in [6.07, 6.45) is -4.02. The van der Waals surface area contributed by atoms with Gasteiger partial charge in [0.1, 0.15) is 11.2 Å². The molecule has 7 rings (SSSR count). The molecule has 0 saturated carbocycles. The van der Waals surface area contributed by atoms with Crippen LogP contribution in [0.2, 0.25) is 0 Å². The second-order valence-electron chi connectivity index (χ2n) is 14.2. The number of ether oxygens (including phenoxy) is 1. The molecule has 1 atom stereocenters. The molecule has 4 aromatic carbocycles. The zero-order chi connectivity index (χ0) is 41.5. The molecule has 13 nitrogen and oxygen atoms in total. The lowest BCUT2D eigenvalue weighted by molar-refractivity contribution is -0.138. The predicted octanol–water partition coefficient (Wildman–Crippen LogP) is 6.93. The number of nitrogens with zero attached hydrogens (tertiary/aromatic N) is 4. The number of fused-ring (bicyclic) bond motifs is 1. The number of carbonyl (C=O) groups is 5. The van der Waals surface area contributed by atoms with Crippen molar-refractivity contribution in [3.8, 4) is 11.8 Å². The third kappa shape index (κ3) is 7.55. The van der Waals surface area contributed by atoms with E-state index in [4.69, 9.17) is 14.5 Å². The first-order chi connectivity index (χ1) is 27.5. The summed E-state index contributed by atoms with van der Waals surface area (Å²) < 4.78 is 67.2. The predicted molar refractivity (Wildman–Crippen MR) is 199 cm³/mol. The second-order valence-corrected chi connectivity index (χ2v) is 14.2. The van der Waals surface area contributed by atoms with Crippen LogP contribution in [-0.4, -0.2) is 47.0 Å². The number of benzene rings is 4. The monoisotopic (exact) mass is 796 g/mol. The van der Waals surface area contributed by atoms with Crippen LogP contribution < -0.4 is 25.2 Å². The van der Waals surface area contributed by atoms with Crippen LogP contribution in [0.4, 0.5) is 39.4 Å². The van der Waals surface area contributed by atoms with Crippen LogP contribution in [-0.2, 0) is 38.2 Å². The number of nitrogens with one attached hydrogen (secondary N) is 2. The van der Waals surface area contributed by atoms with Crippen molar-refractivity contribution >= 4 is 57.7 Å². The summed E-state index contributed by atoms with van der Waals surface area (Å²) in [6, 6.07) is 18.7. The van der Waals surface area contributed by atoms with Gasteiger partial charge in [0.25, 0.3) is 5.91 Å². The van der Waals surface area contributed by atoms with Crippen molar-refractivity contribution < 1.29 is 50.8 Å². The summed E-state index contributed by atoms with van der Waals surface area (Å²) in [5, 5.41) is 18.9. The number of urea groups is 1. The number of hydrogen-bond donors (Lipinski definition) is 2. The highest BCUT2D eigenvalue weighted by molar-refractivity contribution is 6.30. The van der Waals surface area contributed by atoms with Crippen LogP contribution in [0.3, 0.4) is 0 Å². The van der Waals surface area contributed by atoms with Crippen molar-refractivity contribution in [1.29, 1.82) is 5.26 Å². The number of carbonyl (C=O) groups excluding carboxylic acids is 5. The number of rotatable bonds is 10. The van der Waals surface area contributed by atoms with Crippen LogP contribution in [0, 0.1) is 17.1 Å². The lowest BCUT2D eigenvalue weighted by Crippen LogP contribution is -2.44. The number of alkyl halides is 3. The van der Waals surface area contributed by atoms with Crippen molar-refractivity contribution in [2.24, 2.45) is 0 Å². The molecule has 58 heavy (non-hydrogen) atoms. The highest BCUT2D eigenvalue weighted by Crippen LogP contribution is 2.40. The van der Waals surface area contributed by atoms with Gasteiger partial charge < -0.3 is 14.6 Å². The molecule has 0 aliphatic carbocycles. The molecular weight excluding hydrogens is 764 g/mol. The summed E-state index contributed by atoms with van der Waals surface area (Å²) in [7, 11) is 0. The van der Waals surface area contributed by atoms with Crippen molar-refractivity contribution in [2.75, 3.05) is 21.7 Å². The fraction of sp³-hybridized carbons (Fsp3) is 0.244. The maximum Gasteiger partial charge on any atom is 0.417 e. The SMILES string of the molecule is CC1(C)C(=O)N(c2ccc(C#N)c(C(F)(F)F)c2)C(=O)N1c1ccc(OCCc2ccc(CC(=O)Nc3ccc4onc(C5CCC(=O)NC5=O)c4c3)cc2)c(F)c1. The van der Waals surface area contributed by atoms with Crippen molar-refractivity contribution in [3.63, 3.8) is 0 Å². The van der Waals surface area contributed by atoms with Gasteiger partial charge in [-0.05, 0) is 79.9 Å². The standard InChI is InChI=1S/C41H32F4N6O7/c1-40(2)38(55)50(26-9-7-24(21-46)30(19-26)41(43,44)45)39(56)51(40)27-10-13-33(31(42)20-27)57-16-15-22-3-5-23(6-4-22)17-35(53)47-25-8-12-32-29(18-25)36(49-58-32)28-11-14-34(52)48-37(28)54/h3-10,12-13,18-20,28H,11,14-17H2,1-2H3,(H,47,53)(H,48,52,54). The Hall–Kier alpha value is -7.09. The van der Waals surface area contributed by atoms with E-state index in [-0.39, 0.29) is 42.7 Å². The lowest BCUT2D eigenvalue weighted by atomic mass is 9.93. The van der Waals surface area contributed by atoms with Crippen LogP contribution in [0.15, 0.2) is 83.4 Å². The van der Waals surface area contributed by atoms with E-state index in [9.17, 15) is 37.1 Å². The van der Waals surface area contributed by atoms with E-state index < -0.39 is 58.1 Å². The van der Waals surface area contributed by atoms with Crippen LogP contribution in [0.1, 0.15) is 60.6 Å². The average Bonchev–Trinajstić information content (AvgIpc) is 3.66. The fourth-order valence-electron chi connectivity index (χ4n) is 6.94. The molecule has 2 aliphatic heterocycles. The van der Waals surface area contributed by atoms with Gasteiger partial charge in [0, 0.05) is 35.7 Å². The van der Waals surface area contributed by atoms with Gasteiger partial charge in [-0.25, -0.2) is 14.1 Å². The average molecular weight is 797 g/mol. The fourth-order valence-corrected chi connectivity index (χ4v) is 6.94. The molecule has 6 amide bonds. The van der Waals surface area contributed by atoms with Gasteiger partial charge in [-0.15, -0.1) is 0 Å². The van der Waals surface area contributed by atoms with Crippen molar-refractivity contribution in [2.45, 2.75) is 57.2 Å². The highest BCUT2D eigenvalue weighted by atomic mass is 19.4. The largest absolute Gasteiger partial charge is 0.490 e. The molecule has 2 N–H and O–H groups in total. The minimum Gasteiger partial charge on any atom is -0.490 e. The number of nitriles is 1. The molecule has 5 aromatic rings. The first-order valence-electron chi connectivity index (χ1n) is 17.9. The molecule has 17 heteroatoms. The molecule has 0 radical (unpaired) electrons. The minimum absolute atomic E-state index is 0.0315. The number of hydrogen-bond acceptors (Lipinski definition) is 9. The summed E-state index contributed by atoms with van der Waals surface area (Å²) in [6.45, 7) is 2.81. The normalized spacial score (nSPS) is 16.7. The minimum atomic E-state index is -4.92. The van der Waals surface area contributed by atoms with Gasteiger partial charge in [-0.3, -0.25) is 29.4 Å². The Morgan fingerprint density at radius 2 is 1.72 bits per heavy atom. The molecule has 296 valence electrons. The zero-order valence-electron chi connectivity index (χ0n) is 30.8. The molecule has 2 fully saturated rings. The summed E-state index contributed by atoms with van der Waals surface area (Å²) in [4.78, 5) is 65.3. The van der Waals surface area contributed by atoms with Gasteiger partial charge in [0.05, 0.1) is 41.8 Å². The van der Waals surface area contributed by atoms with E-state index in [0.717, 1.165) is 34.2 Å². The van der Waals surface area contributed by atoms with E-state index in [1.807, 2.05) is 0 Å². The Labute approximate surface area is 327 Å². The summed E-state index contributed by atoms with van der Waals surface area (Å²) in [5.41, 5.74) is -1.17.